The quantitative estimate of drug-likeness (QED) is 0.438. The van der Waals surface area contributed by atoms with Crippen LogP contribution in [0.25, 0.3) is 0 Å². The number of nitro groups is 2. The van der Waals surface area contributed by atoms with Crippen LogP contribution in [0.3, 0.4) is 0 Å². The zero-order valence-electron chi connectivity index (χ0n) is 17.9. The van der Waals surface area contributed by atoms with E-state index >= 15 is 0 Å². The Morgan fingerprint density at radius 2 is 1.44 bits per heavy atom. The van der Waals surface area contributed by atoms with E-state index in [2.05, 4.69) is 4.90 Å². The standard InChI is InChI=1S/C14H17N3O4.C7H5NO5/c18-13-11(4-1-5-12(13)17(20)21)14(19)16-8-7-15-6-2-3-10(15)9-16;9-6-4(7(10)11)2-1-3-5(6)8(12)13/h1,4-5,10,18H,2-3,6-9H2;1-3,9H,(H,10,11). The number of hydrogen-bond acceptors (Lipinski definition) is 9. The molecule has 0 saturated carbocycles. The average molecular weight is 474 g/mol. The number of nitrogens with zero attached hydrogens (tertiary/aromatic N) is 4. The molecule has 0 bridgehead atoms. The van der Waals surface area contributed by atoms with E-state index < -0.39 is 44.3 Å². The second-order valence-corrected chi connectivity index (χ2v) is 7.75. The van der Waals surface area contributed by atoms with Gasteiger partial charge in [-0.05, 0) is 31.5 Å². The van der Waals surface area contributed by atoms with Gasteiger partial charge in [-0.15, -0.1) is 0 Å². The maximum absolute atomic E-state index is 12.5. The molecule has 1 atom stereocenters. The minimum atomic E-state index is -1.40. The molecule has 0 aliphatic carbocycles. The number of carbonyl (C=O) groups excluding carboxylic acids is 1. The first-order valence-corrected chi connectivity index (χ1v) is 10.3. The third kappa shape index (κ3) is 5.04. The SMILES string of the molecule is O=C(O)c1cccc([N+](=O)[O-])c1O.O=C(c1cccc([N+](=O)[O-])c1O)N1CCN2CCCC2C1. The fraction of sp³-hybridized carbons (Fsp3) is 0.333. The fourth-order valence-corrected chi connectivity index (χ4v) is 4.05. The number of amides is 1. The summed E-state index contributed by atoms with van der Waals surface area (Å²) in [5.74, 6) is -3.09. The summed E-state index contributed by atoms with van der Waals surface area (Å²) in [6, 6.07) is 7.75. The molecule has 180 valence electrons. The number of piperazine rings is 1. The van der Waals surface area contributed by atoms with Gasteiger partial charge < -0.3 is 20.2 Å². The van der Waals surface area contributed by atoms with Gasteiger partial charge in [0.1, 0.15) is 5.56 Å². The van der Waals surface area contributed by atoms with E-state index in [-0.39, 0.29) is 11.5 Å². The molecule has 2 heterocycles. The molecule has 13 heteroatoms. The molecule has 1 amide bonds. The van der Waals surface area contributed by atoms with Crippen LogP contribution in [0.5, 0.6) is 11.5 Å². The smallest absolute Gasteiger partial charge is 0.339 e. The van der Waals surface area contributed by atoms with Crippen molar-refractivity contribution in [2.24, 2.45) is 0 Å². The van der Waals surface area contributed by atoms with Gasteiger partial charge in [0.2, 0.25) is 11.5 Å². The average Bonchev–Trinajstić information content (AvgIpc) is 3.26. The van der Waals surface area contributed by atoms with Crippen molar-refractivity contribution < 1.29 is 34.8 Å². The number of rotatable bonds is 4. The summed E-state index contributed by atoms with van der Waals surface area (Å²) in [6.45, 7) is 3.12. The zero-order chi connectivity index (χ0) is 25.0. The van der Waals surface area contributed by atoms with Crippen LogP contribution in [0.15, 0.2) is 36.4 Å². The van der Waals surface area contributed by atoms with Crippen molar-refractivity contribution in [2.75, 3.05) is 26.2 Å². The molecule has 2 fully saturated rings. The van der Waals surface area contributed by atoms with Gasteiger partial charge in [0.05, 0.1) is 15.4 Å². The summed E-state index contributed by atoms with van der Waals surface area (Å²) in [5.41, 5.74) is -1.51. The summed E-state index contributed by atoms with van der Waals surface area (Å²) in [6.07, 6.45) is 2.22. The molecule has 2 saturated heterocycles. The Kier molecular flexibility index (Phi) is 7.26. The van der Waals surface area contributed by atoms with Crippen molar-refractivity contribution >= 4 is 23.3 Å². The first kappa shape index (κ1) is 24.4. The molecular formula is C21H22N4O9. The number of phenols is 2. The van der Waals surface area contributed by atoms with Crippen molar-refractivity contribution in [3.63, 3.8) is 0 Å². The number of para-hydroxylation sites is 2. The Labute approximate surface area is 192 Å². The lowest BCUT2D eigenvalue weighted by molar-refractivity contribution is -0.386. The van der Waals surface area contributed by atoms with Crippen molar-refractivity contribution in [3.05, 3.63) is 67.8 Å². The molecule has 0 spiro atoms. The van der Waals surface area contributed by atoms with Crippen molar-refractivity contribution in [3.8, 4) is 11.5 Å². The largest absolute Gasteiger partial charge is 0.502 e. The van der Waals surface area contributed by atoms with Crippen LogP contribution in [-0.2, 0) is 0 Å². The molecule has 13 nitrogen and oxygen atoms in total. The molecule has 2 aromatic rings. The predicted octanol–water partition coefficient (Wildman–Crippen LogP) is 2.22. The molecule has 0 aromatic heterocycles. The van der Waals surface area contributed by atoms with Crippen molar-refractivity contribution in [1.82, 2.24) is 9.80 Å². The second kappa shape index (κ2) is 10.1. The first-order valence-electron chi connectivity index (χ1n) is 10.3. The van der Waals surface area contributed by atoms with E-state index in [4.69, 9.17) is 10.2 Å². The number of carboxylic acid groups (broad SMARTS) is 1. The van der Waals surface area contributed by atoms with Crippen LogP contribution in [0, 0.1) is 20.2 Å². The van der Waals surface area contributed by atoms with E-state index in [0.717, 1.165) is 38.1 Å². The number of benzene rings is 2. The normalized spacial score (nSPS) is 17.3. The molecule has 1 unspecified atom stereocenters. The number of carbonyl (C=O) groups is 2. The Hall–Kier alpha value is -4.26. The van der Waals surface area contributed by atoms with Gasteiger partial charge in [0.25, 0.3) is 5.91 Å². The van der Waals surface area contributed by atoms with Gasteiger partial charge >= 0.3 is 17.3 Å². The zero-order valence-corrected chi connectivity index (χ0v) is 17.9. The van der Waals surface area contributed by atoms with Crippen molar-refractivity contribution in [2.45, 2.75) is 18.9 Å². The summed E-state index contributed by atoms with van der Waals surface area (Å²) in [7, 11) is 0. The topological polar surface area (TPSA) is 188 Å². The molecule has 0 radical (unpaired) electrons. The minimum Gasteiger partial charge on any atom is -0.502 e. The number of carboxylic acids is 1. The Morgan fingerprint density at radius 3 is 2.00 bits per heavy atom. The fourth-order valence-electron chi connectivity index (χ4n) is 4.05. The number of hydrogen-bond donors (Lipinski definition) is 3. The second-order valence-electron chi connectivity index (χ2n) is 7.75. The molecule has 34 heavy (non-hydrogen) atoms. The molecular weight excluding hydrogens is 452 g/mol. The highest BCUT2D eigenvalue weighted by molar-refractivity contribution is 5.98. The number of aromatic carboxylic acids is 1. The highest BCUT2D eigenvalue weighted by Gasteiger charge is 2.34. The van der Waals surface area contributed by atoms with Gasteiger partial charge in [0, 0.05) is 37.8 Å². The number of nitro benzene ring substituents is 2. The van der Waals surface area contributed by atoms with Crippen LogP contribution in [0.4, 0.5) is 11.4 Å². The van der Waals surface area contributed by atoms with E-state index in [1.54, 1.807) is 4.90 Å². The van der Waals surface area contributed by atoms with E-state index in [1.807, 2.05) is 0 Å². The van der Waals surface area contributed by atoms with E-state index in [9.17, 15) is 34.9 Å². The third-order valence-electron chi connectivity index (χ3n) is 5.76. The summed E-state index contributed by atoms with van der Waals surface area (Å²) >= 11 is 0. The summed E-state index contributed by atoms with van der Waals surface area (Å²) in [4.78, 5) is 46.5. The van der Waals surface area contributed by atoms with Gasteiger partial charge in [0.15, 0.2) is 0 Å². The summed E-state index contributed by atoms with van der Waals surface area (Å²) < 4.78 is 0. The van der Waals surface area contributed by atoms with Gasteiger partial charge in [-0.3, -0.25) is 29.9 Å². The number of fused-ring (bicyclic) bond motifs is 1. The Balaban J connectivity index is 0.000000215. The monoisotopic (exact) mass is 474 g/mol. The van der Waals surface area contributed by atoms with Crippen LogP contribution in [-0.4, -0.2) is 79.1 Å². The predicted molar refractivity (Wildman–Crippen MR) is 117 cm³/mol. The maximum Gasteiger partial charge on any atom is 0.339 e. The Morgan fingerprint density at radius 1 is 0.882 bits per heavy atom. The van der Waals surface area contributed by atoms with E-state index in [1.165, 1.54) is 24.3 Å². The van der Waals surface area contributed by atoms with Crippen LogP contribution >= 0.6 is 0 Å². The highest BCUT2D eigenvalue weighted by atomic mass is 16.6. The lowest BCUT2D eigenvalue weighted by Gasteiger charge is -2.37. The van der Waals surface area contributed by atoms with Crippen LogP contribution < -0.4 is 0 Å². The van der Waals surface area contributed by atoms with Crippen molar-refractivity contribution in [1.29, 1.82) is 0 Å². The summed E-state index contributed by atoms with van der Waals surface area (Å²) in [5, 5.41) is 48.6. The van der Waals surface area contributed by atoms with Crippen LogP contribution in [0.2, 0.25) is 0 Å². The molecule has 2 aliphatic heterocycles. The van der Waals surface area contributed by atoms with Crippen LogP contribution in [0.1, 0.15) is 33.6 Å². The maximum atomic E-state index is 12.5. The molecule has 3 N–H and O–H groups in total. The molecule has 2 aromatic carbocycles. The Bertz CT molecular complexity index is 1100. The molecule has 4 rings (SSSR count). The van der Waals surface area contributed by atoms with Gasteiger partial charge in [-0.25, -0.2) is 4.79 Å². The highest BCUT2D eigenvalue weighted by Crippen LogP contribution is 2.31. The van der Waals surface area contributed by atoms with Gasteiger partial charge in [-0.1, -0.05) is 12.1 Å². The first-order chi connectivity index (χ1) is 16.1. The number of phenolic OH excluding ortho intramolecular Hbond substituents is 1. The third-order valence-corrected chi connectivity index (χ3v) is 5.76. The lowest BCUT2D eigenvalue weighted by atomic mass is 10.1. The molecule has 2 aliphatic rings. The minimum absolute atomic E-state index is 0.00986. The lowest BCUT2D eigenvalue weighted by Crippen LogP contribution is -2.52. The van der Waals surface area contributed by atoms with E-state index in [0.29, 0.717) is 19.1 Å². The van der Waals surface area contributed by atoms with Gasteiger partial charge in [-0.2, -0.15) is 0 Å². The number of aromatic hydroxyl groups is 2.